The molecule has 0 radical (unpaired) electrons. The van der Waals surface area contributed by atoms with Gasteiger partial charge >= 0.3 is 0 Å². The van der Waals surface area contributed by atoms with Crippen LogP contribution < -0.4 is 0 Å². The molecule has 0 atom stereocenters. The molecule has 0 aliphatic heterocycles. The summed E-state index contributed by atoms with van der Waals surface area (Å²) in [5.41, 5.74) is 0.645. The van der Waals surface area contributed by atoms with Crippen LogP contribution in [0.25, 0.3) is 0 Å². The smallest absolute Gasteiger partial charge is 0.188 e. The molecule has 0 aliphatic carbocycles. The molecule has 0 saturated heterocycles. The minimum atomic E-state index is -0.0628. The number of carbonyl (C=O) groups is 1. The lowest BCUT2D eigenvalue weighted by Crippen LogP contribution is -1.95. The van der Waals surface area contributed by atoms with Crippen LogP contribution in [0.3, 0.4) is 0 Å². The second-order valence-electron chi connectivity index (χ2n) is 2.58. The van der Waals surface area contributed by atoms with Crippen molar-refractivity contribution in [3.05, 3.63) is 36.3 Å². The van der Waals surface area contributed by atoms with E-state index in [4.69, 9.17) is 4.42 Å². The minimum Gasteiger partial charge on any atom is -0.469 e. The summed E-state index contributed by atoms with van der Waals surface area (Å²) in [4.78, 5) is 11.2. The summed E-state index contributed by atoms with van der Waals surface area (Å²) in [7, 11) is 0. The molecule has 1 rings (SSSR count). The minimum absolute atomic E-state index is 0.0628. The topological polar surface area (TPSA) is 30.2 Å². The van der Waals surface area contributed by atoms with E-state index in [2.05, 4.69) is 6.58 Å². The van der Waals surface area contributed by atoms with E-state index in [1.165, 1.54) is 6.08 Å². The van der Waals surface area contributed by atoms with E-state index >= 15 is 0 Å². The number of ketones is 1. The Morgan fingerprint density at radius 1 is 1.75 bits per heavy atom. The molecule has 0 fully saturated rings. The predicted octanol–water partition coefficient (Wildman–Crippen LogP) is 2.60. The molecule has 1 heterocycles. The van der Waals surface area contributed by atoms with Gasteiger partial charge in [-0.1, -0.05) is 13.5 Å². The molecule has 1 aromatic heterocycles. The van der Waals surface area contributed by atoms with Crippen molar-refractivity contribution < 1.29 is 9.21 Å². The molecule has 0 aliphatic rings. The molecule has 0 unspecified atom stereocenters. The highest BCUT2D eigenvalue weighted by molar-refractivity contribution is 6.04. The van der Waals surface area contributed by atoms with Crippen LogP contribution in [-0.4, -0.2) is 5.78 Å². The van der Waals surface area contributed by atoms with Gasteiger partial charge in [-0.15, -0.1) is 0 Å². The Kier molecular flexibility index (Phi) is 2.86. The molecule has 0 amide bonds. The standard InChI is InChI=1S/C10H12O2/c1-3-5-10-8(6-7-12-10)9(11)4-2/h4,6-7H,2-3,5H2,1H3. The second-order valence-corrected chi connectivity index (χ2v) is 2.58. The Labute approximate surface area is 71.9 Å². The van der Waals surface area contributed by atoms with Gasteiger partial charge in [0.15, 0.2) is 5.78 Å². The van der Waals surface area contributed by atoms with E-state index in [9.17, 15) is 4.79 Å². The van der Waals surface area contributed by atoms with Crippen molar-refractivity contribution in [2.45, 2.75) is 19.8 Å². The first kappa shape index (κ1) is 8.78. The first-order valence-electron chi connectivity index (χ1n) is 4.02. The van der Waals surface area contributed by atoms with E-state index in [0.29, 0.717) is 5.56 Å². The fraction of sp³-hybridized carbons (Fsp3) is 0.300. The number of furan rings is 1. The van der Waals surface area contributed by atoms with Crippen molar-refractivity contribution in [2.24, 2.45) is 0 Å². The fourth-order valence-electron chi connectivity index (χ4n) is 1.09. The van der Waals surface area contributed by atoms with Crippen LogP contribution in [0.1, 0.15) is 29.5 Å². The number of aryl methyl sites for hydroxylation is 1. The van der Waals surface area contributed by atoms with E-state index < -0.39 is 0 Å². The zero-order chi connectivity index (χ0) is 8.97. The van der Waals surface area contributed by atoms with Gasteiger partial charge in [0.2, 0.25) is 0 Å². The molecular formula is C10H12O2. The van der Waals surface area contributed by atoms with Gasteiger partial charge in [0.05, 0.1) is 11.8 Å². The molecule has 0 N–H and O–H groups in total. The van der Waals surface area contributed by atoms with Crippen molar-refractivity contribution in [3.8, 4) is 0 Å². The third-order valence-electron chi connectivity index (χ3n) is 1.67. The summed E-state index contributed by atoms with van der Waals surface area (Å²) < 4.78 is 5.16. The van der Waals surface area contributed by atoms with Crippen LogP contribution in [-0.2, 0) is 6.42 Å². The van der Waals surface area contributed by atoms with Crippen LogP contribution in [0, 0.1) is 0 Å². The third kappa shape index (κ3) is 1.64. The fourth-order valence-corrected chi connectivity index (χ4v) is 1.09. The molecule has 0 spiro atoms. The molecule has 0 bridgehead atoms. The van der Waals surface area contributed by atoms with E-state index in [0.717, 1.165) is 18.6 Å². The average Bonchev–Trinajstić information content (AvgIpc) is 2.52. The normalized spacial score (nSPS) is 9.75. The van der Waals surface area contributed by atoms with Gasteiger partial charge in [0, 0.05) is 6.42 Å². The maximum Gasteiger partial charge on any atom is 0.188 e. The average molecular weight is 164 g/mol. The Hall–Kier alpha value is -1.31. The first-order chi connectivity index (χ1) is 5.79. The van der Waals surface area contributed by atoms with Crippen LogP contribution in [0.15, 0.2) is 29.4 Å². The van der Waals surface area contributed by atoms with Crippen LogP contribution in [0.2, 0.25) is 0 Å². The van der Waals surface area contributed by atoms with Crippen LogP contribution in [0.5, 0.6) is 0 Å². The Bertz CT molecular complexity index is 284. The van der Waals surface area contributed by atoms with E-state index in [1.54, 1.807) is 12.3 Å². The highest BCUT2D eigenvalue weighted by Crippen LogP contribution is 2.13. The number of rotatable bonds is 4. The van der Waals surface area contributed by atoms with Crippen molar-refractivity contribution in [1.82, 2.24) is 0 Å². The van der Waals surface area contributed by atoms with Gasteiger partial charge in [-0.25, -0.2) is 0 Å². The van der Waals surface area contributed by atoms with Crippen molar-refractivity contribution in [3.63, 3.8) is 0 Å². The van der Waals surface area contributed by atoms with E-state index in [-0.39, 0.29) is 5.78 Å². The zero-order valence-electron chi connectivity index (χ0n) is 7.17. The Balaban J connectivity index is 2.90. The van der Waals surface area contributed by atoms with Gasteiger partial charge < -0.3 is 4.42 Å². The molecule has 1 aromatic rings. The molecule has 2 nitrogen and oxygen atoms in total. The van der Waals surface area contributed by atoms with E-state index in [1.807, 2.05) is 6.92 Å². The van der Waals surface area contributed by atoms with Crippen molar-refractivity contribution in [2.75, 3.05) is 0 Å². The highest BCUT2D eigenvalue weighted by atomic mass is 16.3. The molecule has 0 aromatic carbocycles. The summed E-state index contributed by atoms with van der Waals surface area (Å²) in [6.45, 7) is 5.47. The van der Waals surface area contributed by atoms with Gasteiger partial charge in [-0.05, 0) is 18.6 Å². The Morgan fingerprint density at radius 3 is 3.08 bits per heavy atom. The maximum atomic E-state index is 11.2. The van der Waals surface area contributed by atoms with Crippen molar-refractivity contribution in [1.29, 1.82) is 0 Å². The lowest BCUT2D eigenvalue weighted by Gasteiger charge is -1.95. The van der Waals surface area contributed by atoms with Crippen LogP contribution >= 0.6 is 0 Å². The zero-order valence-corrected chi connectivity index (χ0v) is 7.17. The van der Waals surface area contributed by atoms with Gasteiger partial charge in [0.1, 0.15) is 5.76 Å². The first-order valence-corrected chi connectivity index (χ1v) is 4.02. The molecular weight excluding hydrogens is 152 g/mol. The molecule has 0 saturated carbocycles. The quantitative estimate of drug-likeness (QED) is 0.505. The van der Waals surface area contributed by atoms with Gasteiger partial charge in [-0.2, -0.15) is 0 Å². The number of allylic oxidation sites excluding steroid dienone is 1. The maximum absolute atomic E-state index is 11.2. The highest BCUT2D eigenvalue weighted by Gasteiger charge is 2.09. The number of hydrogen-bond donors (Lipinski definition) is 0. The Morgan fingerprint density at radius 2 is 2.50 bits per heavy atom. The summed E-state index contributed by atoms with van der Waals surface area (Å²) >= 11 is 0. The lowest BCUT2D eigenvalue weighted by molar-refractivity contribution is 0.104. The summed E-state index contributed by atoms with van der Waals surface area (Å²) in [6.07, 6.45) is 4.64. The number of carbonyl (C=O) groups excluding carboxylic acids is 1. The van der Waals surface area contributed by atoms with Crippen molar-refractivity contribution >= 4 is 5.78 Å². The second kappa shape index (κ2) is 3.90. The summed E-state index contributed by atoms with van der Waals surface area (Å²) in [6, 6.07) is 1.69. The predicted molar refractivity (Wildman–Crippen MR) is 47.2 cm³/mol. The molecule has 12 heavy (non-hydrogen) atoms. The summed E-state index contributed by atoms with van der Waals surface area (Å²) in [5, 5.41) is 0. The monoisotopic (exact) mass is 164 g/mol. The molecule has 2 heteroatoms. The lowest BCUT2D eigenvalue weighted by atomic mass is 10.1. The SMILES string of the molecule is C=CC(=O)c1ccoc1CCC. The van der Waals surface area contributed by atoms with Gasteiger partial charge in [-0.3, -0.25) is 4.79 Å². The molecule has 64 valence electrons. The number of hydrogen-bond acceptors (Lipinski definition) is 2. The third-order valence-corrected chi connectivity index (χ3v) is 1.67. The van der Waals surface area contributed by atoms with Gasteiger partial charge in [0.25, 0.3) is 0 Å². The largest absolute Gasteiger partial charge is 0.469 e. The summed E-state index contributed by atoms with van der Waals surface area (Å²) in [5.74, 6) is 0.703. The van der Waals surface area contributed by atoms with Crippen LogP contribution in [0.4, 0.5) is 0 Å².